The molecule has 2 heterocycles. The zero-order valence-corrected chi connectivity index (χ0v) is 12.3. The molecule has 1 aliphatic rings. The van der Waals surface area contributed by atoms with Crippen molar-refractivity contribution < 1.29 is 0 Å². The third-order valence-corrected chi connectivity index (χ3v) is 4.42. The summed E-state index contributed by atoms with van der Waals surface area (Å²) >= 11 is 1.43. The molecule has 0 bridgehead atoms. The molecule has 0 radical (unpaired) electrons. The van der Waals surface area contributed by atoms with Gasteiger partial charge in [0.15, 0.2) is 0 Å². The average molecular weight is 269 g/mol. The Labute approximate surface area is 113 Å². The third kappa shape index (κ3) is 3.18. The van der Waals surface area contributed by atoms with Crippen LogP contribution in [0.1, 0.15) is 25.5 Å². The van der Waals surface area contributed by atoms with Crippen LogP contribution in [-0.2, 0) is 6.54 Å². The smallest absolute Gasteiger partial charge is 0.134 e. The monoisotopic (exact) mass is 269 g/mol. The standard InChI is InChI=1S/C12H23N5S/c1-4-17-7-5-6-10(17)8-16(3)9-11-12(13-2)18-15-14-11/h10,13H,4-9H2,1-3H3. The van der Waals surface area contributed by atoms with Crippen LogP contribution in [0.5, 0.6) is 0 Å². The van der Waals surface area contributed by atoms with E-state index in [2.05, 4.69) is 38.7 Å². The van der Waals surface area contributed by atoms with Crippen LogP contribution in [0.25, 0.3) is 0 Å². The molecule has 1 aromatic heterocycles. The Kier molecular flexibility index (Phi) is 4.91. The van der Waals surface area contributed by atoms with Gasteiger partial charge in [-0.2, -0.15) is 0 Å². The first-order chi connectivity index (χ1) is 8.74. The van der Waals surface area contributed by atoms with Crippen LogP contribution < -0.4 is 5.32 Å². The van der Waals surface area contributed by atoms with Crippen LogP contribution in [-0.4, -0.2) is 59.2 Å². The lowest BCUT2D eigenvalue weighted by atomic mass is 10.2. The zero-order valence-electron chi connectivity index (χ0n) is 11.5. The van der Waals surface area contributed by atoms with E-state index in [4.69, 9.17) is 0 Å². The van der Waals surface area contributed by atoms with E-state index in [1.54, 1.807) is 0 Å². The molecule has 1 atom stereocenters. The van der Waals surface area contributed by atoms with Gasteiger partial charge in [-0.1, -0.05) is 11.4 Å². The lowest BCUT2D eigenvalue weighted by Gasteiger charge is -2.27. The van der Waals surface area contributed by atoms with Crippen LogP contribution in [0.2, 0.25) is 0 Å². The minimum absolute atomic E-state index is 0.713. The molecule has 5 nitrogen and oxygen atoms in total. The van der Waals surface area contributed by atoms with Crippen molar-refractivity contribution in [3.63, 3.8) is 0 Å². The van der Waals surface area contributed by atoms with Crippen molar-refractivity contribution in [1.82, 2.24) is 19.4 Å². The topological polar surface area (TPSA) is 44.3 Å². The van der Waals surface area contributed by atoms with Crippen molar-refractivity contribution in [3.05, 3.63) is 5.69 Å². The van der Waals surface area contributed by atoms with Gasteiger partial charge in [0.05, 0.1) is 0 Å². The molecule has 0 saturated carbocycles. The fourth-order valence-electron chi connectivity index (χ4n) is 2.70. The molecule has 0 amide bonds. The lowest BCUT2D eigenvalue weighted by Crippen LogP contribution is -2.38. The number of hydrogen-bond donors (Lipinski definition) is 1. The zero-order chi connectivity index (χ0) is 13.0. The minimum Gasteiger partial charge on any atom is -0.377 e. The van der Waals surface area contributed by atoms with E-state index >= 15 is 0 Å². The quantitative estimate of drug-likeness (QED) is 0.848. The van der Waals surface area contributed by atoms with Crippen LogP contribution in [0.4, 0.5) is 5.00 Å². The van der Waals surface area contributed by atoms with Gasteiger partial charge in [0, 0.05) is 37.7 Å². The first-order valence-electron chi connectivity index (χ1n) is 6.66. The first-order valence-corrected chi connectivity index (χ1v) is 7.43. The molecule has 102 valence electrons. The molecule has 2 rings (SSSR count). The summed E-state index contributed by atoms with van der Waals surface area (Å²) in [6.45, 7) is 6.67. The predicted molar refractivity (Wildman–Crippen MR) is 76.1 cm³/mol. The molecular formula is C12H23N5S. The number of nitrogens with one attached hydrogen (secondary N) is 1. The van der Waals surface area contributed by atoms with E-state index in [9.17, 15) is 0 Å². The fraction of sp³-hybridized carbons (Fsp3) is 0.833. The van der Waals surface area contributed by atoms with E-state index in [0.29, 0.717) is 6.04 Å². The number of rotatable bonds is 6. The number of anilines is 1. The predicted octanol–water partition coefficient (Wildman–Crippen LogP) is 1.50. The van der Waals surface area contributed by atoms with Crippen molar-refractivity contribution in [2.75, 3.05) is 39.0 Å². The Hall–Kier alpha value is -0.720. The van der Waals surface area contributed by atoms with Gasteiger partial charge in [0.1, 0.15) is 10.7 Å². The molecule has 0 aliphatic carbocycles. The number of likely N-dealkylation sites (tertiary alicyclic amines) is 1. The second-order valence-electron chi connectivity index (χ2n) is 4.92. The Bertz CT molecular complexity index is 367. The molecule has 0 aromatic carbocycles. The summed E-state index contributed by atoms with van der Waals surface area (Å²) in [5.74, 6) is 0. The number of likely N-dealkylation sites (N-methyl/N-ethyl adjacent to an activating group) is 2. The first kappa shape index (κ1) is 13.7. The summed E-state index contributed by atoms with van der Waals surface area (Å²) in [6.07, 6.45) is 2.67. The maximum atomic E-state index is 4.19. The van der Waals surface area contributed by atoms with Crippen molar-refractivity contribution in [1.29, 1.82) is 0 Å². The molecule has 18 heavy (non-hydrogen) atoms. The van der Waals surface area contributed by atoms with Gasteiger partial charge in [-0.05, 0) is 33.0 Å². The molecule has 1 unspecified atom stereocenters. The summed E-state index contributed by atoms with van der Waals surface area (Å²) in [4.78, 5) is 4.94. The third-order valence-electron chi connectivity index (χ3n) is 3.63. The summed E-state index contributed by atoms with van der Waals surface area (Å²) in [5, 5.41) is 8.43. The van der Waals surface area contributed by atoms with Gasteiger partial charge in [-0.25, -0.2) is 0 Å². The summed E-state index contributed by atoms with van der Waals surface area (Å²) < 4.78 is 4.00. The van der Waals surface area contributed by atoms with Crippen molar-refractivity contribution >= 4 is 16.5 Å². The van der Waals surface area contributed by atoms with Crippen LogP contribution in [0.15, 0.2) is 0 Å². The second-order valence-corrected chi connectivity index (χ2v) is 5.67. The molecule has 1 fully saturated rings. The van der Waals surface area contributed by atoms with Gasteiger partial charge in [0.25, 0.3) is 0 Å². The lowest BCUT2D eigenvalue weighted by molar-refractivity contribution is 0.194. The summed E-state index contributed by atoms with van der Waals surface area (Å²) in [5.41, 5.74) is 1.06. The molecule has 0 spiro atoms. The van der Waals surface area contributed by atoms with E-state index in [0.717, 1.165) is 23.8 Å². The highest BCUT2D eigenvalue weighted by Crippen LogP contribution is 2.20. The van der Waals surface area contributed by atoms with Crippen molar-refractivity contribution in [2.24, 2.45) is 0 Å². The molecule has 1 aliphatic heterocycles. The van der Waals surface area contributed by atoms with Crippen molar-refractivity contribution in [2.45, 2.75) is 32.4 Å². The van der Waals surface area contributed by atoms with E-state index < -0.39 is 0 Å². The molecule has 1 saturated heterocycles. The van der Waals surface area contributed by atoms with E-state index in [1.165, 1.54) is 37.5 Å². The van der Waals surface area contributed by atoms with Crippen LogP contribution >= 0.6 is 11.5 Å². The summed E-state index contributed by atoms with van der Waals surface area (Å²) in [6, 6.07) is 0.713. The molecule has 1 N–H and O–H groups in total. The van der Waals surface area contributed by atoms with Crippen LogP contribution in [0.3, 0.4) is 0 Å². The highest BCUT2D eigenvalue weighted by Gasteiger charge is 2.24. The van der Waals surface area contributed by atoms with Crippen LogP contribution in [0, 0.1) is 0 Å². The number of hydrogen-bond acceptors (Lipinski definition) is 6. The van der Waals surface area contributed by atoms with Gasteiger partial charge >= 0.3 is 0 Å². The van der Waals surface area contributed by atoms with Crippen molar-refractivity contribution in [3.8, 4) is 0 Å². The van der Waals surface area contributed by atoms with Gasteiger partial charge in [-0.3, -0.25) is 9.80 Å². The Balaban J connectivity index is 1.86. The normalized spacial score (nSPS) is 20.8. The molecule has 1 aromatic rings. The molecule has 6 heteroatoms. The number of aromatic nitrogens is 2. The minimum atomic E-state index is 0.713. The largest absolute Gasteiger partial charge is 0.377 e. The maximum absolute atomic E-state index is 4.19. The highest BCUT2D eigenvalue weighted by molar-refractivity contribution is 7.10. The van der Waals surface area contributed by atoms with Gasteiger partial charge in [-0.15, -0.1) is 5.10 Å². The average Bonchev–Trinajstić information content (AvgIpc) is 2.97. The van der Waals surface area contributed by atoms with Gasteiger partial charge < -0.3 is 5.32 Å². The van der Waals surface area contributed by atoms with E-state index in [-0.39, 0.29) is 0 Å². The fourth-order valence-corrected chi connectivity index (χ4v) is 3.22. The summed E-state index contributed by atoms with van der Waals surface area (Å²) in [7, 11) is 4.10. The number of nitrogens with zero attached hydrogens (tertiary/aromatic N) is 4. The maximum Gasteiger partial charge on any atom is 0.134 e. The van der Waals surface area contributed by atoms with Gasteiger partial charge in [0.2, 0.25) is 0 Å². The Morgan fingerprint density at radius 1 is 1.56 bits per heavy atom. The van der Waals surface area contributed by atoms with E-state index in [1.807, 2.05) is 7.05 Å². The Morgan fingerprint density at radius 2 is 2.39 bits per heavy atom. The second kappa shape index (κ2) is 6.45. The Morgan fingerprint density at radius 3 is 3.11 bits per heavy atom. The highest BCUT2D eigenvalue weighted by atomic mass is 32.1. The molecular weight excluding hydrogens is 246 g/mol. The SMILES string of the molecule is CCN1CCCC1CN(C)Cc1nnsc1NC.